The fourth-order valence-electron chi connectivity index (χ4n) is 2.62. The molecule has 1 atom stereocenters. The lowest BCUT2D eigenvalue weighted by Gasteiger charge is -2.09. The van der Waals surface area contributed by atoms with Crippen molar-refractivity contribution in [3.8, 4) is 10.4 Å². The van der Waals surface area contributed by atoms with Gasteiger partial charge in [0.2, 0.25) is 0 Å². The molecule has 0 radical (unpaired) electrons. The number of nitrogens with two attached hydrogens (primary N) is 1. The molecule has 0 unspecified atom stereocenters. The summed E-state index contributed by atoms with van der Waals surface area (Å²) >= 11 is 3.11. The van der Waals surface area contributed by atoms with E-state index in [1.165, 1.54) is 18.4 Å². The number of hydrogen-bond acceptors (Lipinski definition) is 6. The van der Waals surface area contributed by atoms with Crippen molar-refractivity contribution in [1.82, 2.24) is 9.97 Å². The lowest BCUT2D eigenvalue weighted by Crippen LogP contribution is -2.85. The van der Waals surface area contributed by atoms with Crippen molar-refractivity contribution >= 4 is 38.9 Å². The molecule has 3 N–H and O–H groups in total. The maximum Gasteiger partial charge on any atom is 0.305 e. The molecule has 6 nitrogen and oxygen atoms in total. The number of aromatic amines is 1. The van der Waals surface area contributed by atoms with Crippen molar-refractivity contribution in [2.24, 2.45) is 0 Å². The SMILES string of the molecule is COC(=O)CCC[NH2+][C@@H](C)c1nc2scc(-c3cccs3)c2c(=O)[nH]1. The molecular weight excluding hydrogens is 358 g/mol. The van der Waals surface area contributed by atoms with E-state index in [1.807, 2.05) is 29.8 Å². The quantitative estimate of drug-likeness (QED) is 0.488. The Morgan fingerprint density at radius 1 is 1.44 bits per heavy atom. The zero-order valence-corrected chi connectivity index (χ0v) is 15.7. The number of fused-ring (bicyclic) bond motifs is 1. The maximum atomic E-state index is 12.6. The van der Waals surface area contributed by atoms with E-state index in [1.54, 1.807) is 11.3 Å². The Labute approximate surface area is 152 Å². The number of esters is 1. The molecule has 0 saturated carbocycles. The van der Waals surface area contributed by atoms with E-state index < -0.39 is 0 Å². The summed E-state index contributed by atoms with van der Waals surface area (Å²) in [5, 5.41) is 6.72. The minimum Gasteiger partial charge on any atom is -0.469 e. The number of hydrogen-bond donors (Lipinski definition) is 2. The van der Waals surface area contributed by atoms with Gasteiger partial charge in [0.25, 0.3) is 5.56 Å². The van der Waals surface area contributed by atoms with Crippen LogP contribution in [0, 0.1) is 0 Å². The minimum absolute atomic E-state index is 0.0158. The topological polar surface area (TPSA) is 88.7 Å². The highest BCUT2D eigenvalue weighted by atomic mass is 32.1. The third kappa shape index (κ3) is 3.97. The Hall–Kier alpha value is -2.03. The number of nitrogens with zero attached hydrogens (tertiary/aromatic N) is 1. The molecule has 0 bridgehead atoms. The van der Waals surface area contributed by atoms with E-state index >= 15 is 0 Å². The smallest absolute Gasteiger partial charge is 0.305 e. The van der Waals surface area contributed by atoms with Crippen molar-refractivity contribution < 1.29 is 14.8 Å². The first kappa shape index (κ1) is 17.8. The number of H-pyrrole nitrogens is 1. The predicted molar refractivity (Wildman–Crippen MR) is 100 cm³/mol. The standard InChI is InChI=1S/C17H19N3O3S2/c1-10(18-7-3-6-13(21)23-2)15-19-16(22)14-11(9-25-17(14)20-15)12-5-4-8-24-12/h4-5,8-10,18H,3,6-7H2,1-2H3,(H,19,20,22)/p+1/t10-/m0/s1. The minimum atomic E-state index is -0.200. The van der Waals surface area contributed by atoms with E-state index in [9.17, 15) is 9.59 Å². The van der Waals surface area contributed by atoms with Crippen LogP contribution < -0.4 is 10.9 Å². The van der Waals surface area contributed by atoms with Gasteiger partial charge in [-0.2, -0.15) is 0 Å². The molecule has 25 heavy (non-hydrogen) atoms. The van der Waals surface area contributed by atoms with E-state index in [0.29, 0.717) is 17.6 Å². The van der Waals surface area contributed by atoms with Gasteiger partial charge in [0, 0.05) is 22.2 Å². The van der Waals surface area contributed by atoms with Gasteiger partial charge in [0.05, 0.1) is 25.5 Å². The van der Waals surface area contributed by atoms with Crippen molar-refractivity contribution in [3.63, 3.8) is 0 Å². The Balaban J connectivity index is 1.75. The lowest BCUT2D eigenvalue weighted by molar-refractivity contribution is -0.694. The van der Waals surface area contributed by atoms with Gasteiger partial charge < -0.3 is 15.0 Å². The Bertz CT molecular complexity index is 915. The average Bonchev–Trinajstić information content (AvgIpc) is 3.27. The van der Waals surface area contributed by atoms with E-state index in [-0.39, 0.29) is 17.6 Å². The van der Waals surface area contributed by atoms with Gasteiger partial charge in [-0.3, -0.25) is 9.59 Å². The number of nitrogens with one attached hydrogen (secondary N) is 1. The molecule has 0 aliphatic rings. The van der Waals surface area contributed by atoms with Gasteiger partial charge in [-0.05, 0) is 18.4 Å². The van der Waals surface area contributed by atoms with Gasteiger partial charge in [-0.1, -0.05) is 6.07 Å². The largest absolute Gasteiger partial charge is 0.469 e. The molecule has 0 aliphatic carbocycles. The molecule has 0 fully saturated rings. The molecule has 3 aromatic rings. The monoisotopic (exact) mass is 378 g/mol. The number of rotatable bonds is 7. The van der Waals surface area contributed by atoms with E-state index in [2.05, 4.69) is 20.0 Å². The van der Waals surface area contributed by atoms with Gasteiger partial charge >= 0.3 is 5.97 Å². The molecule has 0 spiro atoms. The second-order valence-corrected chi connectivity index (χ2v) is 7.56. The summed E-state index contributed by atoms with van der Waals surface area (Å²) in [6, 6.07) is 4.00. The summed E-state index contributed by atoms with van der Waals surface area (Å²) in [6.45, 7) is 2.76. The average molecular weight is 378 g/mol. The van der Waals surface area contributed by atoms with Crippen LogP contribution in [0.3, 0.4) is 0 Å². The molecule has 0 amide bonds. The van der Waals surface area contributed by atoms with E-state index in [0.717, 1.165) is 28.2 Å². The maximum absolute atomic E-state index is 12.6. The van der Waals surface area contributed by atoms with Crippen LogP contribution in [0.25, 0.3) is 20.7 Å². The normalized spacial score (nSPS) is 12.4. The van der Waals surface area contributed by atoms with Crippen LogP contribution in [0.4, 0.5) is 0 Å². The molecule has 132 valence electrons. The molecule has 0 aromatic carbocycles. The van der Waals surface area contributed by atoms with Crippen LogP contribution in [0.15, 0.2) is 27.7 Å². The lowest BCUT2D eigenvalue weighted by atomic mass is 10.2. The Morgan fingerprint density at radius 2 is 2.28 bits per heavy atom. The molecule has 3 aromatic heterocycles. The number of carbonyl (C=O) groups is 1. The number of carbonyl (C=O) groups excluding carboxylic acids is 1. The second-order valence-electron chi connectivity index (χ2n) is 5.75. The van der Waals surface area contributed by atoms with Crippen molar-refractivity contribution in [1.29, 1.82) is 0 Å². The van der Waals surface area contributed by atoms with Crippen LogP contribution >= 0.6 is 22.7 Å². The third-order valence-corrected chi connectivity index (χ3v) is 5.79. The first-order valence-corrected chi connectivity index (χ1v) is 9.81. The predicted octanol–water partition coefficient (Wildman–Crippen LogP) is 2.29. The summed E-state index contributed by atoms with van der Waals surface area (Å²) in [7, 11) is 1.39. The van der Waals surface area contributed by atoms with Crippen LogP contribution in [-0.2, 0) is 9.53 Å². The van der Waals surface area contributed by atoms with Crippen molar-refractivity contribution in [2.75, 3.05) is 13.7 Å². The van der Waals surface area contributed by atoms with Gasteiger partial charge in [0.15, 0.2) is 5.82 Å². The van der Waals surface area contributed by atoms with Gasteiger partial charge in [0.1, 0.15) is 10.9 Å². The van der Waals surface area contributed by atoms with Crippen LogP contribution in [0.5, 0.6) is 0 Å². The summed E-state index contributed by atoms with van der Waals surface area (Å²) in [6.07, 6.45) is 1.13. The fourth-order valence-corrected chi connectivity index (χ4v) is 4.39. The summed E-state index contributed by atoms with van der Waals surface area (Å²) in [5.41, 5.74) is 0.851. The molecule has 3 heterocycles. The summed E-state index contributed by atoms with van der Waals surface area (Å²) in [4.78, 5) is 33.1. The molecular formula is C17H20N3O3S2+. The Morgan fingerprint density at radius 3 is 3.00 bits per heavy atom. The van der Waals surface area contributed by atoms with Crippen LogP contribution in [0.2, 0.25) is 0 Å². The fraction of sp³-hybridized carbons (Fsp3) is 0.353. The molecule has 0 aliphatic heterocycles. The first-order valence-electron chi connectivity index (χ1n) is 8.05. The summed E-state index contributed by atoms with van der Waals surface area (Å²) in [5.74, 6) is 0.462. The van der Waals surface area contributed by atoms with Crippen LogP contribution in [-0.4, -0.2) is 29.6 Å². The van der Waals surface area contributed by atoms with E-state index in [4.69, 9.17) is 0 Å². The second kappa shape index (κ2) is 7.90. The summed E-state index contributed by atoms with van der Waals surface area (Å²) < 4.78 is 4.63. The van der Waals surface area contributed by atoms with Gasteiger partial charge in [-0.25, -0.2) is 4.98 Å². The number of aromatic nitrogens is 2. The van der Waals surface area contributed by atoms with Crippen molar-refractivity contribution in [3.05, 3.63) is 39.1 Å². The van der Waals surface area contributed by atoms with Crippen molar-refractivity contribution in [2.45, 2.75) is 25.8 Å². The number of methoxy groups -OCH3 is 1. The number of quaternary nitrogens is 1. The highest BCUT2D eigenvalue weighted by molar-refractivity contribution is 7.18. The molecule has 8 heteroatoms. The zero-order valence-electron chi connectivity index (χ0n) is 14.1. The number of ether oxygens (including phenoxy) is 1. The highest BCUT2D eigenvalue weighted by Gasteiger charge is 2.17. The first-order chi connectivity index (χ1) is 12.1. The molecule has 3 rings (SSSR count). The zero-order chi connectivity index (χ0) is 17.8. The number of thiophene rings is 2. The van der Waals surface area contributed by atoms with Crippen LogP contribution in [0.1, 0.15) is 31.6 Å². The molecule has 0 saturated heterocycles. The third-order valence-electron chi connectivity index (χ3n) is 4.01. The highest BCUT2D eigenvalue weighted by Crippen LogP contribution is 2.33. The van der Waals surface area contributed by atoms with Gasteiger partial charge in [-0.15, -0.1) is 22.7 Å². The Kier molecular flexibility index (Phi) is 5.62.